The van der Waals surface area contributed by atoms with Gasteiger partial charge in [-0.15, -0.1) is 0 Å². The number of hydrogen-bond acceptors (Lipinski definition) is 3. The van der Waals surface area contributed by atoms with Crippen LogP contribution >= 0.6 is 0 Å². The van der Waals surface area contributed by atoms with Crippen LogP contribution in [0.5, 0.6) is 0 Å². The molecule has 19 heavy (non-hydrogen) atoms. The molecule has 0 aliphatic carbocycles. The molecule has 1 aromatic rings. The number of pyridine rings is 1. The summed E-state index contributed by atoms with van der Waals surface area (Å²) in [6, 6.07) is 3.25. The zero-order chi connectivity index (χ0) is 14.5. The Morgan fingerprint density at radius 1 is 1.21 bits per heavy atom. The molecule has 0 aromatic carbocycles. The fraction of sp³-hybridized carbons (Fsp3) is 0.643. The molecule has 0 spiro atoms. The third-order valence-electron chi connectivity index (χ3n) is 3.35. The van der Waals surface area contributed by atoms with Crippen LogP contribution in [0.2, 0.25) is 0 Å². The van der Waals surface area contributed by atoms with Gasteiger partial charge in [-0.2, -0.15) is 4.31 Å². The molecule has 1 aliphatic rings. The van der Waals surface area contributed by atoms with E-state index in [4.69, 9.17) is 0 Å². The minimum Gasteiger partial charge on any atom is -0.263 e. The molecule has 5 heteroatoms. The smallest absolute Gasteiger partial charge is 0.244 e. The maximum Gasteiger partial charge on any atom is 0.244 e. The first-order valence-corrected chi connectivity index (χ1v) is 8.26. The highest BCUT2D eigenvalue weighted by atomic mass is 32.2. The van der Waals surface area contributed by atoms with E-state index in [0.29, 0.717) is 18.0 Å². The fourth-order valence-electron chi connectivity index (χ4n) is 1.98. The fourth-order valence-corrected chi connectivity index (χ4v) is 3.39. The van der Waals surface area contributed by atoms with Gasteiger partial charge in [0.25, 0.3) is 0 Å². The lowest BCUT2D eigenvalue weighted by atomic mass is 9.83. The lowest BCUT2D eigenvalue weighted by Crippen LogP contribution is -2.41. The summed E-state index contributed by atoms with van der Waals surface area (Å²) < 4.78 is 26.1. The van der Waals surface area contributed by atoms with Crippen LogP contribution in [0.3, 0.4) is 0 Å². The van der Waals surface area contributed by atoms with E-state index in [9.17, 15) is 8.42 Å². The molecular formula is C14H24N2O2S. The Labute approximate surface area is 116 Å². The normalized spacial score (nSPS) is 19.4. The molecule has 2 heterocycles. The second-order valence-corrected chi connectivity index (χ2v) is 7.19. The summed E-state index contributed by atoms with van der Waals surface area (Å²) in [6.45, 7) is 9.57. The predicted octanol–water partition coefficient (Wildman–Crippen LogP) is 2.92. The van der Waals surface area contributed by atoms with Crippen LogP contribution in [0.4, 0.5) is 0 Å². The highest BCUT2D eigenvalue weighted by Gasteiger charge is 2.32. The number of rotatable bonds is 2. The Morgan fingerprint density at radius 3 is 2.26 bits per heavy atom. The Bertz CT molecular complexity index is 473. The van der Waals surface area contributed by atoms with E-state index in [2.05, 4.69) is 18.8 Å². The maximum atomic E-state index is 12.3. The molecule has 0 N–H and O–H groups in total. The number of hydrogen-bond donors (Lipinski definition) is 0. The van der Waals surface area contributed by atoms with Gasteiger partial charge in [-0.3, -0.25) is 4.98 Å². The predicted molar refractivity (Wildman–Crippen MR) is 77.4 cm³/mol. The Balaban J connectivity index is 0.000000861. The summed E-state index contributed by atoms with van der Waals surface area (Å²) in [5.74, 6) is 0. The van der Waals surface area contributed by atoms with Crippen molar-refractivity contribution < 1.29 is 8.42 Å². The van der Waals surface area contributed by atoms with Crippen molar-refractivity contribution in [3.05, 3.63) is 24.5 Å². The molecule has 0 radical (unpaired) electrons. The first-order chi connectivity index (χ1) is 8.92. The highest BCUT2D eigenvalue weighted by molar-refractivity contribution is 7.89. The van der Waals surface area contributed by atoms with Crippen molar-refractivity contribution in [3.63, 3.8) is 0 Å². The third-order valence-corrected chi connectivity index (χ3v) is 5.23. The quantitative estimate of drug-likeness (QED) is 0.839. The Morgan fingerprint density at radius 2 is 1.79 bits per heavy atom. The van der Waals surface area contributed by atoms with E-state index >= 15 is 0 Å². The summed E-state index contributed by atoms with van der Waals surface area (Å²) in [4.78, 5) is 4.16. The van der Waals surface area contributed by atoms with E-state index in [0.717, 1.165) is 12.8 Å². The first-order valence-electron chi connectivity index (χ1n) is 6.82. The average molecular weight is 284 g/mol. The van der Waals surface area contributed by atoms with E-state index in [1.165, 1.54) is 6.20 Å². The van der Waals surface area contributed by atoms with Gasteiger partial charge >= 0.3 is 0 Å². The van der Waals surface area contributed by atoms with Gasteiger partial charge in [0, 0.05) is 25.5 Å². The van der Waals surface area contributed by atoms with Crippen molar-refractivity contribution in [2.24, 2.45) is 5.41 Å². The van der Waals surface area contributed by atoms with E-state index in [-0.39, 0.29) is 5.41 Å². The van der Waals surface area contributed by atoms with Gasteiger partial charge in [-0.05, 0) is 30.4 Å². The van der Waals surface area contributed by atoms with Gasteiger partial charge in [0.2, 0.25) is 10.0 Å². The van der Waals surface area contributed by atoms with Crippen LogP contribution in [0.25, 0.3) is 0 Å². The Hall–Kier alpha value is -0.940. The number of nitrogens with zero attached hydrogens (tertiary/aromatic N) is 2. The van der Waals surface area contributed by atoms with Gasteiger partial charge in [0.05, 0.1) is 0 Å². The van der Waals surface area contributed by atoms with Crippen LogP contribution < -0.4 is 0 Å². The molecule has 0 amide bonds. The summed E-state index contributed by atoms with van der Waals surface area (Å²) >= 11 is 0. The van der Waals surface area contributed by atoms with Crippen LogP contribution in [0.1, 0.15) is 40.5 Å². The molecule has 0 bridgehead atoms. The lowest BCUT2D eigenvalue weighted by Gasteiger charge is -2.36. The van der Waals surface area contributed by atoms with Crippen molar-refractivity contribution in [1.82, 2.24) is 9.29 Å². The van der Waals surface area contributed by atoms with Gasteiger partial charge in [0.15, 0.2) is 0 Å². The number of aromatic nitrogens is 1. The SMILES string of the molecule is CC.CC1(C)CCN(S(=O)(=O)c2cccnc2)CC1. The van der Waals surface area contributed by atoms with Crippen molar-refractivity contribution in [2.45, 2.75) is 45.4 Å². The second-order valence-electron chi connectivity index (χ2n) is 5.26. The molecule has 1 aliphatic heterocycles. The molecule has 0 unspecified atom stereocenters. The maximum absolute atomic E-state index is 12.3. The zero-order valence-corrected chi connectivity index (χ0v) is 13.1. The molecule has 1 aromatic heterocycles. The van der Waals surface area contributed by atoms with Crippen LogP contribution in [-0.4, -0.2) is 30.8 Å². The van der Waals surface area contributed by atoms with E-state index in [1.54, 1.807) is 22.6 Å². The van der Waals surface area contributed by atoms with Crippen LogP contribution in [0.15, 0.2) is 29.4 Å². The van der Waals surface area contributed by atoms with Crippen molar-refractivity contribution in [3.8, 4) is 0 Å². The molecule has 2 rings (SSSR count). The first kappa shape index (κ1) is 16.1. The van der Waals surface area contributed by atoms with Gasteiger partial charge in [-0.25, -0.2) is 8.42 Å². The summed E-state index contributed by atoms with van der Waals surface area (Å²) in [5, 5.41) is 0. The van der Waals surface area contributed by atoms with Crippen molar-refractivity contribution >= 4 is 10.0 Å². The average Bonchev–Trinajstić information content (AvgIpc) is 2.41. The number of sulfonamides is 1. The molecule has 1 saturated heterocycles. The molecule has 108 valence electrons. The molecule has 4 nitrogen and oxygen atoms in total. The van der Waals surface area contributed by atoms with Gasteiger partial charge in [-0.1, -0.05) is 27.7 Å². The summed E-state index contributed by atoms with van der Waals surface area (Å²) in [7, 11) is -3.34. The third kappa shape index (κ3) is 4.01. The van der Waals surface area contributed by atoms with Crippen LogP contribution in [0, 0.1) is 5.41 Å². The highest BCUT2D eigenvalue weighted by Crippen LogP contribution is 2.32. The summed E-state index contributed by atoms with van der Waals surface area (Å²) in [6.07, 6.45) is 4.81. The number of piperidine rings is 1. The summed E-state index contributed by atoms with van der Waals surface area (Å²) in [5.41, 5.74) is 0.251. The minimum atomic E-state index is -3.34. The second kappa shape index (κ2) is 6.48. The standard InChI is InChI=1S/C12H18N2O2S.C2H6/c1-12(2)5-8-14(9-6-12)17(15,16)11-4-3-7-13-10-11;1-2/h3-4,7,10H,5-6,8-9H2,1-2H3;1-2H3. The largest absolute Gasteiger partial charge is 0.263 e. The molecule has 0 saturated carbocycles. The molecule has 0 atom stereocenters. The zero-order valence-electron chi connectivity index (χ0n) is 12.3. The van der Waals surface area contributed by atoms with E-state index < -0.39 is 10.0 Å². The lowest BCUT2D eigenvalue weighted by molar-refractivity contribution is 0.196. The molecule has 1 fully saturated rings. The topological polar surface area (TPSA) is 50.3 Å². The molecular weight excluding hydrogens is 260 g/mol. The van der Waals surface area contributed by atoms with Crippen molar-refractivity contribution in [1.29, 1.82) is 0 Å². The van der Waals surface area contributed by atoms with Crippen molar-refractivity contribution in [2.75, 3.05) is 13.1 Å². The van der Waals surface area contributed by atoms with E-state index in [1.807, 2.05) is 13.8 Å². The van der Waals surface area contributed by atoms with Gasteiger partial charge in [0.1, 0.15) is 4.90 Å². The Kier molecular flexibility index (Phi) is 5.50. The monoisotopic (exact) mass is 284 g/mol. The van der Waals surface area contributed by atoms with Crippen LogP contribution in [-0.2, 0) is 10.0 Å². The van der Waals surface area contributed by atoms with Gasteiger partial charge < -0.3 is 0 Å². The minimum absolute atomic E-state index is 0.251.